The summed E-state index contributed by atoms with van der Waals surface area (Å²) in [6, 6.07) is 14.7. The van der Waals surface area contributed by atoms with Crippen LogP contribution in [0, 0.1) is 5.82 Å². The SMILES string of the molecule is O=c1cc(-c2ccccc2)nc(Nc2cc(Cl)ccc2F)[nH]1. The molecule has 0 bridgehead atoms. The molecule has 6 heteroatoms. The molecule has 0 unspecified atom stereocenters. The molecule has 22 heavy (non-hydrogen) atoms. The van der Waals surface area contributed by atoms with Gasteiger partial charge in [0.2, 0.25) is 5.95 Å². The molecule has 0 fully saturated rings. The fourth-order valence-electron chi connectivity index (χ4n) is 1.99. The Kier molecular flexibility index (Phi) is 3.89. The van der Waals surface area contributed by atoms with E-state index in [0.717, 1.165) is 5.56 Å². The van der Waals surface area contributed by atoms with E-state index in [1.807, 2.05) is 30.3 Å². The Labute approximate surface area is 130 Å². The van der Waals surface area contributed by atoms with E-state index in [9.17, 15) is 9.18 Å². The minimum Gasteiger partial charge on any atom is -0.323 e. The lowest BCUT2D eigenvalue weighted by Crippen LogP contribution is -2.11. The van der Waals surface area contributed by atoms with Crippen molar-refractivity contribution in [3.63, 3.8) is 0 Å². The van der Waals surface area contributed by atoms with Gasteiger partial charge in [0.05, 0.1) is 11.4 Å². The molecule has 3 aromatic rings. The number of aromatic nitrogens is 2. The lowest BCUT2D eigenvalue weighted by atomic mass is 10.1. The minimum absolute atomic E-state index is 0.140. The van der Waals surface area contributed by atoms with Crippen LogP contribution in [0.4, 0.5) is 16.0 Å². The smallest absolute Gasteiger partial charge is 0.252 e. The highest BCUT2D eigenvalue weighted by molar-refractivity contribution is 6.30. The van der Waals surface area contributed by atoms with Crippen LogP contribution in [0.5, 0.6) is 0 Å². The van der Waals surface area contributed by atoms with Crippen molar-refractivity contribution >= 4 is 23.2 Å². The average molecular weight is 316 g/mol. The summed E-state index contributed by atoms with van der Waals surface area (Å²) in [5.74, 6) is -0.343. The summed E-state index contributed by atoms with van der Waals surface area (Å²) < 4.78 is 13.7. The van der Waals surface area contributed by atoms with Gasteiger partial charge in [0.25, 0.3) is 5.56 Å². The van der Waals surface area contributed by atoms with Gasteiger partial charge in [-0.15, -0.1) is 0 Å². The second-order valence-corrected chi connectivity index (χ2v) is 5.03. The molecule has 1 aromatic heterocycles. The first-order valence-electron chi connectivity index (χ1n) is 6.51. The fourth-order valence-corrected chi connectivity index (χ4v) is 2.17. The third-order valence-corrected chi connectivity index (χ3v) is 3.23. The molecule has 0 saturated carbocycles. The number of nitrogens with zero attached hydrogens (tertiary/aromatic N) is 1. The highest BCUT2D eigenvalue weighted by atomic mass is 35.5. The summed E-state index contributed by atoms with van der Waals surface area (Å²) in [7, 11) is 0. The molecule has 0 aliphatic heterocycles. The lowest BCUT2D eigenvalue weighted by Gasteiger charge is -2.08. The summed E-state index contributed by atoms with van der Waals surface area (Å²) in [6.45, 7) is 0. The van der Waals surface area contributed by atoms with Gasteiger partial charge in [0, 0.05) is 16.7 Å². The third kappa shape index (κ3) is 3.15. The first-order chi connectivity index (χ1) is 10.6. The van der Waals surface area contributed by atoms with E-state index < -0.39 is 5.82 Å². The van der Waals surface area contributed by atoms with Gasteiger partial charge in [-0.2, -0.15) is 0 Å². The van der Waals surface area contributed by atoms with Gasteiger partial charge in [0.15, 0.2) is 0 Å². The number of hydrogen-bond donors (Lipinski definition) is 2. The molecule has 0 amide bonds. The van der Waals surface area contributed by atoms with Crippen LogP contribution in [0.2, 0.25) is 5.02 Å². The molecule has 0 atom stereocenters. The molecule has 3 rings (SSSR count). The molecule has 0 spiro atoms. The van der Waals surface area contributed by atoms with Crippen molar-refractivity contribution in [2.75, 3.05) is 5.32 Å². The van der Waals surface area contributed by atoms with Gasteiger partial charge < -0.3 is 5.32 Å². The molecule has 0 saturated heterocycles. The van der Waals surface area contributed by atoms with Gasteiger partial charge in [-0.3, -0.25) is 9.78 Å². The van der Waals surface area contributed by atoms with Crippen LogP contribution in [-0.4, -0.2) is 9.97 Å². The van der Waals surface area contributed by atoms with Gasteiger partial charge in [-0.05, 0) is 18.2 Å². The highest BCUT2D eigenvalue weighted by Crippen LogP contribution is 2.23. The third-order valence-electron chi connectivity index (χ3n) is 2.99. The summed E-state index contributed by atoms with van der Waals surface area (Å²) >= 11 is 5.84. The Balaban J connectivity index is 2.00. The fraction of sp³-hybridized carbons (Fsp3) is 0. The Bertz CT molecular complexity index is 865. The first kappa shape index (κ1) is 14.3. The number of halogens is 2. The van der Waals surface area contributed by atoms with Crippen LogP contribution in [0.15, 0.2) is 59.4 Å². The van der Waals surface area contributed by atoms with E-state index in [0.29, 0.717) is 10.7 Å². The van der Waals surface area contributed by atoms with E-state index in [1.54, 1.807) is 0 Å². The summed E-state index contributed by atoms with van der Waals surface area (Å²) in [5.41, 5.74) is 1.09. The van der Waals surface area contributed by atoms with Crippen molar-refractivity contribution in [3.05, 3.63) is 75.8 Å². The standard InChI is InChI=1S/C16H11ClFN3O/c17-11-6-7-12(18)14(8-11)20-16-19-13(9-15(22)21-16)10-4-2-1-3-5-10/h1-9H,(H2,19,20,21,22). The molecule has 1 heterocycles. The number of nitrogens with one attached hydrogen (secondary N) is 2. The van der Waals surface area contributed by atoms with Crippen LogP contribution in [-0.2, 0) is 0 Å². The van der Waals surface area contributed by atoms with E-state index in [2.05, 4.69) is 15.3 Å². The summed E-state index contributed by atoms with van der Waals surface area (Å²) in [5, 5.41) is 3.12. The number of anilines is 2. The second-order valence-electron chi connectivity index (χ2n) is 4.59. The predicted octanol–water partition coefficient (Wildman–Crippen LogP) is 3.97. The number of aromatic amines is 1. The van der Waals surface area contributed by atoms with Crippen molar-refractivity contribution in [1.29, 1.82) is 0 Å². The Morgan fingerprint density at radius 2 is 1.86 bits per heavy atom. The van der Waals surface area contributed by atoms with Crippen LogP contribution in [0.1, 0.15) is 0 Å². The molecule has 2 N–H and O–H groups in total. The Hall–Kier alpha value is -2.66. The molecule has 0 aliphatic carbocycles. The zero-order valence-electron chi connectivity index (χ0n) is 11.3. The van der Waals surface area contributed by atoms with Gasteiger partial charge in [-0.25, -0.2) is 9.37 Å². The van der Waals surface area contributed by atoms with E-state index in [-0.39, 0.29) is 17.2 Å². The van der Waals surface area contributed by atoms with Crippen LogP contribution >= 0.6 is 11.6 Å². The normalized spacial score (nSPS) is 10.5. The largest absolute Gasteiger partial charge is 0.323 e. The number of rotatable bonds is 3. The number of hydrogen-bond acceptors (Lipinski definition) is 3. The van der Waals surface area contributed by atoms with Gasteiger partial charge >= 0.3 is 0 Å². The molecule has 2 aromatic carbocycles. The first-order valence-corrected chi connectivity index (χ1v) is 6.88. The van der Waals surface area contributed by atoms with Crippen molar-refractivity contribution in [1.82, 2.24) is 9.97 Å². The lowest BCUT2D eigenvalue weighted by molar-refractivity contribution is 0.631. The average Bonchev–Trinajstić information content (AvgIpc) is 2.51. The molecular weight excluding hydrogens is 305 g/mol. The van der Waals surface area contributed by atoms with Crippen molar-refractivity contribution in [3.8, 4) is 11.3 Å². The quantitative estimate of drug-likeness (QED) is 0.769. The maximum absolute atomic E-state index is 13.7. The van der Waals surface area contributed by atoms with E-state index in [1.165, 1.54) is 24.3 Å². The van der Waals surface area contributed by atoms with Gasteiger partial charge in [0.1, 0.15) is 5.82 Å². The maximum atomic E-state index is 13.7. The monoisotopic (exact) mass is 315 g/mol. The molecule has 4 nitrogen and oxygen atoms in total. The van der Waals surface area contributed by atoms with Crippen molar-refractivity contribution < 1.29 is 4.39 Å². The topological polar surface area (TPSA) is 57.8 Å². The summed E-state index contributed by atoms with van der Waals surface area (Å²) in [4.78, 5) is 18.6. The molecular formula is C16H11ClFN3O. The molecule has 0 radical (unpaired) electrons. The van der Waals surface area contributed by atoms with Crippen molar-refractivity contribution in [2.45, 2.75) is 0 Å². The van der Waals surface area contributed by atoms with Gasteiger partial charge in [-0.1, -0.05) is 41.9 Å². The zero-order valence-corrected chi connectivity index (χ0v) is 12.1. The Morgan fingerprint density at radius 3 is 2.64 bits per heavy atom. The second kappa shape index (κ2) is 5.99. The highest BCUT2D eigenvalue weighted by Gasteiger charge is 2.07. The maximum Gasteiger partial charge on any atom is 0.252 e. The Morgan fingerprint density at radius 1 is 1.09 bits per heavy atom. The zero-order chi connectivity index (χ0) is 15.5. The summed E-state index contributed by atoms with van der Waals surface area (Å²) in [6.07, 6.45) is 0. The molecule has 110 valence electrons. The van der Waals surface area contributed by atoms with Crippen molar-refractivity contribution in [2.24, 2.45) is 0 Å². The van der Waals surface area contributed by atoms with Crippen LogP contribution < -0.4 is 10.9 Å². The van der Waals surface area contributed by atoms with Crippen LogP contribution in [0.3, 0.4) is 0 Å². The molecule has 0 aliphatic rings. The predicted molar refractivity (Wildman–Crippen MR) is 85.0 cm³/mol. The van der Waals surface area contributed by atoms with E-state index >= 15 is 0 Å². The van der Waals surface area contributed by atoms with E-state index in [4.69, 9.17) is 11.6 Å². The number of benzene rings is 2. The minimum atomic E-state index is -0.489. The number of H-pyrrole nitrogens is 1. The van der Waals surface area contributed by atoms with Crippen LogP contribution in [0.25, 0.3) is 11.3 Å².